The lowest BCUT2D eigenvalue weighted by atomic mass is 10.2. The first kappa shape index (κ1) is 12.9. The summed E-state index contributed by atoms with van der Waals surface area (Å²) in [6.07, 6.45) is 2.81. The maximum absolute atomic E-state index is 12.1. The molecule has 0 spiro atoms. The molecule has 1 aliphatic heterocycles. The Morgan fingerprint density at radius 1 is 1.40 bits per heavy atom. The van der Waals surface area contributed by atoms with Crippen LogP contribution < -0.4 is 0 Å². The minimum atomic E-state index is -3.32. The van der Waals surface area contributed by atoms with Gasteiger partial charge >= 0.3 is 0 Å². The van der Waals surface area contributed by atoms with E-state index in [0.29, 0.717) is 5.76 Å². The highest BCUT2D eigenvalue weighted by Gasteiger charge is 2.41. The normalized spacial score (nSPS) is 16.1. The maximum Gasteiger partial charge on any atom is 0.292 e. The number of hydrogen-bond donors (Lipinski definition) is 0. The van der Waals surface area contributed by atoms with Crippen LogP contribution in [0.4, 0.5) is 0 Å². The molecular weight excluding hydrogens is 284 g/mol. The standard InChI is InChI=1S/C12H12N2O5S/c15-12(11-3-4-13-19-11)14-6-10(7-14)20(16,17)8-9-2-1-5-18-9/h1-5,10H,6-8H2. The highest BCUT2D eigenvalue weighted by Crippen LogP contribution is 2.22. The van der Waals surface area contributed by atoms with Crippen LogP contribution in [0.25, 0.3) is 0 Å². The Balaban J connectivity index is 1.61. The van der Waals surface area contributed by atoms with E-state index in [1.54, 1.807) is 12.1 Å². The van der Waals surface area contributed by atoms with Gasteiger partial charge in [-0.2, -0.15) is 0 Å². The van der Waals surface area contributed by atoms with Crippen LogP contribution in [0.2, 0.25) is 0 Å². The summed E-state index contributed by atoms with van der Waals surface area (Å²) < 4.78 is 34.0. The molecule has 1 saturated heterocycles. The van der Waals surface area contributed by atoms with Gasteiger partial charge in [0.1, 0.15) is 11.5 Å². The Morgan fingerprint density at radius 2 is 2.20 bits per heavy atom. The average molecular weight is 296 g/mol. The van der Waals surface area contributed by atoms with Gasteiger partial charge < -0.3 is 13.8 Å². The molecule has 106 valence electrons. The predicted molar refractivity (Wildman–Crippen MR) is 67.5 cm³/mol. The molecule has 2 aromatic rings. The number of nitrogens with zero attached hydrogens (tertiary/aromatic N) is 2. The van der Waals surface area contributed by atoms with E-state index in [1.807, 2.05) is 0 Å². The van der Waals surface area contributed by atoms with Crippen LogP contribution in [-0.4, -0.2) is 42.7 Å². The third-order valence-electron chi connectivity index (χ3n) is 3.22. The van der Waals surface area contributed by atoms with Gasteiger partial charge in [-0.05, 0) is 12.1 Å². The van der Waals surface area contributed by atoms with Crippen molar-refractivity contribution in [1.29, 1.82) is 0 Å². The number of hydrogen-bond acceptors (Lipinski definition) is 6. The lowest BCUT2D eigenvalue weighted by Crippen LogP contribution is -2.57. The van der Waals surface area contributed by atoms with Gasteiger partial charge in [0.05, 0.1) is 17.7 Å². The summed E-state index contributed by atoms with van der Waals surface area (Å²) in [6, 6.07) is 4.71. The van der Waals surface area contributed by atoms with Crippen molar-refractivity contribution in [2.75, 3.05) is 13.1 Å². The van der Waals surface area contributed by atoms with Gasteiger partial charge in [0.15, 0.2) is 9.84 Å². The van der Waals surface area contributed by atoms with E-state index in [-0.39, 0.29) is 30.5 Å². The molecule has 2 aromatic heterocycles. The van der Waals surface area contributed by atoms with Crippen molar-refractivity contribution in [2.24, 2.45) is 0 Å². The maximum atomic E-state index is 12.1. The summed E-state index contributed by atoms with van der Waals surface area (Å²) in [5, 5.41) is 2.89. The van der Waals surface area contributed by atoms with E-state index in [9.17, 15) is 13.2 Å². The number of likely N-dealkylation sites (tertiary alicyclic amines) is 1. The minimum absolute atomic E-state index is 0.117. The number of rotatable bonds is 4. The van der Waals surface area contributed by atoms with Crippen LogP contribution >= 0.6 is 0 Å². The monoisotopic (exact) mass is 296 g/mol. The summed E-state index contributed by atoms with van der Waals surface area (Å²) in [5.41, 5.74) is 0. The van der Waals surface area contributed by atoms with Crippen molar-refractivity contribution in [1.82, 2.24) is 10.1 Å². The Kier molecular flexibility index (Phi) is 3.09. The molecule has 0 atom stereocenters. The zero-order valence-corrected chi connectivity index (χ0v) is 11.2. The summed E-state index contributed by atoms with van der Waals surface area (Å²) in [7, 11) is -3.32. The molecule has 0 aliphatic carbocycles. The number of furan rings is 1. The highest BCUT2D eigenvalue weighted by atomic mass is 32.2. The van der Waals surface area contributed by atoms with Gasteiger partial charge in [0, 0.05) is 19.2 Å². The predicted octanol–water partition coefficient (Wildman–Crippen LogP) is 0.707. The van der Waals surface area contributed by atoms with Crippen molar-refractivity contribution >= 4 is 15.7 Å². The van der Waals surface area contributed by atoms with Gasteiger partial charge in [0.25, 0.3) is 5.91 Å². The first-order chi connectivity index (χ1) is 9.56. The van der Waals surface area contributed by atoms with Crippen LogP contribution in [0, 0.1) is 0 Å². The summed E-state index contributed by atoms with van der Waals surface area (Å²) in [4.78, 5) is 13.3. The van der Waals surface area contributed by atoms with Crippen LogP contribution in [0.5, 0.6) is 0 Å². The third-order valence-corrected chi connectivity index (χ3v) is 5.22. The van der Waals surface area contributed by atoms with Crippen LogP contribution in [-0.2, 0) is 15.6 Å². The lowest BCUT2D eigenvalue weighted by Gasteiger charge is -2.37. The van der Waals surface area contributed by atoms with E-state index in [4.69, 9.17) is 8.94 Å². The number of carbonyl (C=O) groups is 1. The molecule has 20 heavy (non-hydrogen) atoms. The van der Waals surface area contributed by atoms with Crippen LogP contribution in [0.1, 0.15) is 16.3 Å². The minimum Gasteiger partial charge on any atom is -0.468 e. The number of sulfone groups is 1. The second-order valence-electron chi connectivity index (χ2n) is 4.60. The number of amides is 1. The van der Waals surface area contributed by atoms with E-state index in [0.717, 1.165) is 0 Å². The largest absolute Gasteiger partial charge is 0.468 e. The van der Waals surface area contributed by atoms with Gasteiger partial charge in [-0.3, -0.25) is 4.79 Å². The fourth-order valence-electron chi connectivity index (χ4n) is 2.02. The molecule has 0 bridgehead atoms. The van der Waals surface area contributed by atoms with Crippen LogP contribution in [0.15, 0.2) is 39.6 Å². The van der Waals surface area contributed by atoms with Crippen molar-refractivity contribution in [3.8, 4) is 0 Å². The smallest absolute Gasteiger partial charge is 0.292 e. The Bertz CT molecular complexity index is 684. The van der Waals surface area contributed by atoms with Crippen LogP contribution in [0.3, 0.4) is 0 Å². The molecule has 3 heterocycles. The van der Waals surface area contributed by atoms with Gasteiger partial charge in [-0.15, -0.1) is 0 Å². The number of aromatic nitrogens is 1. The molecule has 7 nitrogen and oxygen atoms in total. The summed E-state index contributed by atoms with van der Waals surface area (Å²) in [5.74, 6) is 0.0403. The molecule has 3 rings (SSSR count). The van der Waals surface area contributed by atoms with E-state index in [1.165, 1.54) is 23.4 Å². The molecule has 1 fully saturated rings. The first-order valence-corrected chi connectivity index (χ1v) is 7.72. The second-order valence-corrected chi connectivity index (χ2v) is 6.88. The molecule has 0 radical (unpaired) electrons. The topological polar surface area (TPSA) is 93.6 Å². The van der Waals surface area contributed by atoms with Crippen molar-refractivity contribution in [2.45, 2.75) is 11.0 Å². The van der Waals surface area contributed by atoms with E-state index in [2.05, 4.69) is 5.16 Å². The van der Waals surface area contributed by atoms with Gasteiger partial charge in [-0.1, -0.05) is 5.16 Å². The Labute approximate surface area is 115 Å². The fraction of sp³-hybridized carbons (Fsp3) is 0.333. The lowest BCUT2D eigenvalue weighted by molar-refractivity contribution is 0.0616. The number of carbonyl (C=O) groups excluding carboxylic acids is 1. The molecule has 0 unspecified atom stereocenters. The SMILES string of the molecule is O=C(c1ccno1)N1CC(S(=O)(=O)Cc2ccco2)C1. The van der Waals surface area contributed by atoms with Crippen molar-refractivity contribution in [3.05, 3.63) is 42.2 Å². The van der Waals surface area contributed by atoms with E-state index < -0.39 is 15.1 Å². The molecule has 1 amide bonds. The van der Waals surface area contributed by atoms with E-state index >= 15 is 0 Å². The molecule has 0 N–H and O–H groups in total. The molecule has 0 saturated carbocycles. The second kappa shape index (κ2) is 4.78. The molecule has 0 aromatic carbocycles. The molecule has 8 heteroatoms. The van der Waals surface area contributed by atoms with Gasteiger partial charge in [0.2, 0.25) is 5.76 Å². The summed E-state index contributed by atoms with van der Waals surface area (Å²) in [6.45, 7) is 0.338. The zero-order chi connectivity index (χ0) is 14.2. The van der Waals surface area contributed by atoms with Gasteiger partial charge in [-0.25, -0.2) is 8.42 Å². The third kappa shape index (κ3) is 2.34. The molecule has 1 aliphatic rings. The summed E-state index contributed by atoms with van der Waals surface area (Å²) >= 11 is 0. The molecular formula is C12H12N2O5S. The Morgan fingerprint density at radius 3 is 2.80 bits per heavy atom. The van der Waals surface area contributed by atoms with Crippen molar-refractivity contribution < 1.29 is 22.2 Å². The average Bonchev–Trinajstić information content (AvgIpc) is 2.96. The van der Waals surface area contributed by atoms with Crippen molar-refractivity contribution in [3.63, 3.8) is 0 Å². The quantitative estimate of drug-likeness (QED) is 0.824. The Hall–Kier alpha value is -2.09. The zero-order valence-electron chi connectivity index (χ0n) is 10.4. The fourth-order valence-corrected chi connectivity index (χ4v) is 3.63. The highest BCUT2D eigenvalue weighted by molar-refractivity contribution is 7.91. The first-order valence-electron chi connectivity index (χ1n) is 6.00.